The van der Waals surface area contributed by atoms with Crippen molar-refractivity contribution in [2.75, 3.05) is 23.3 Å². The molecule has 0 saturated carbocycles. The number of carbonyl (C=O) groups excluding carboxylic acids is 3. The molecule has 1 aliphatic heterocycles. The van der Waals surface area contributed by atoms with E-state index in [-0.39, 0.29) is 30.0 Å². The molecule has 3 amide bonds. The van der Waals surface area contributed by atoms with Gasteiger partial charge in [0.05, 0.1) is 0 Å². The van der Waals surface area contributed by atoms with Gasteiger partial charge in [0.15, 0.2) is 0 Å². The van der Waals surface area contributed by atoms with E-state index in [2.05, 4.69) is 5.32 Å². The van der Waals surface area contributed by atoms with Crippen LogP contribution in [-0.2, 0) is 9.59 Å². The molecule has 2 rings (SSSR count). The molecule has 7 heteroatoms. The predicted molar refractivity (Wildman–Crippen MR) is 78.3 cm³/mol. The van der Waals surface area contributed by atoms with Crippen molar-refractivity contribution in [3.63, 3.8) is 0 Å². The third-order valence-electron chi connectivity index (χ3n) is 2.80. The van der Waals surface area contributed by atoms with Gasteiger partial charge in [-0.1, -0.05) is 17.8 Å². The van der Waals surface area contributed by atoms with E-state index >= 15 is 0 Å². The molecule has 0 atom stereocenters. The second kappa shape index (κ2) is 6.42. The van der Waals surface area contributed by atoms with Crippen LogP contribution in [0.25, 0.3) is 0 Å². The lowest BCUT2D eigenvalue weighted by molar-refractivity contribution is -0.128. The highest BCUT2D eigenvalue weighted by atomic mass is 32.2. The molecular formula is C13H15N3O3S. The monoisotopic (exact) mass is 293 g/mol. The van der Waals surface area contributed by atoms with Gasteiger partial charge < -0.3 is 11.1 Å². The molecule has 3 N–H and O–H groups in total. The summed E-state index contributed by atoms with van der Waals surface area (Å²) in [6.45, 7) is 0.110. The quantitative estimate of drug-likeness (QED) is 0.824. The maximum atomic E-state index is 11.8. The Balaban J connectivity index is 1.86. The van der Waals surface area contributed by atoms with Crippen molar-refractivity contribution in [2.45, 2.75) is 12.8 Å². The largest absolute Gasteiger partial charge is 0.399 e. The number of anilines is 2. The van der Waals surface area contributed by atoms with Gasteiger partial charge in [0, 0.05) is 36.5 Å². The zero-order valence-corrected chi connectivity index (χ0v) is 11.6. The van der Waals surface area contributed by atoms with E-state index in [4.69, 9.17) is 5.73 Å². The third-order valence-corrected chi connectivity index (χ3v) is 3.67. The van der Waals surface area contributed by atoms with Gasteiger partial charge in [0.2, 0.25) is 11.8 Å². The number of nitrogens with one attached hydrogen (secondary N) is 1. The van der Waals surface area contributed by atoms with E-state index in [1.165, 1.54) is 0 Å². The van der Waals surface area contributed by atoms with Crippen LogP contribution in [0.3, 0.4) is 0 Å². The maximum absolute atomic E-state index is 11.8. The highest BCUT2D eigenvalue weighted by Gasteiger charge is 2.26. The number of hydrogen-bond acceptors (Lipinski definition) is 5. The number of thioether (sulfide) groups is 1. The molecular weight excluding hydrogens is 278 g/mol. The Morgan fingerprint density at radius 2 is 2.20 bits per heavy atom. The van der Waals surface area contributed by atoms with Crippen molar-refractivity contribution >= 4 is 40.2 Å². The molecule has 0 unspecified atom stereocenters. The first-order chi connectivity index (χ1) is 9.56. The van der Waals surface area contributed by atoms with E-state index in [1.807, 2.05) is 0 Å². The standard InChI is InChI=1S/C13H15N3O3S/c14-9-2-1-3-10(8-9)15-11(17)4-6-16-12(18)5-7-20-13(16)19/h1-3,8H,4-7,14H2,(H,15,17). The van der Waals surface area contributed by atoms with Gasteiger partial charge in [-0.15, -0.1) is 0 Å². The summed E-state index contributed by atoms with van der Waals surface area (Å²) < 4.78 is 0. The Bertz CT molecular complexity index is 531. The van der Waals surface area contributed by atoms with Crippen molar-refractivity contribution in [3.8, 4) is 0 Å². The summed E-state index contributed by atoms with van der Waals surface area (Å²) in [7, 11) is 0. The molecule has 106 valence electrons. The molecule has 1 aromatic carbocycles. The molecule has 1 saturated heterocycles. The molecule has 0 aliphatic carbocycles. The van der Waals surface area contributed by atoms with Crippen molar-refractivity contribution in [1.29, 1.82) is 0 Å². The summed E-state index contributed by atoms with van der Waals surface area (Å²) >= 11 is 1.11. The second-order valence-corrected chi connectivity index (χ2v) is 5.38. The third kappa shape index (κ3) is 3.74. The zero-order valence-electron chi connectivity index (χ0n) is 10.8. The van der Waals surface area contributed by atoms with E-state index in [9.17, 15) is 14.4 Å². The van der Waals surface area contributed by atoms with Crippen LogP contribution in [0.15, 0.2) is 24.3 Å². The lowest BCUT2D eigenvalue weighted by Gasteiger charge is -2.23. The van der Waals surface area contributed by atoms with Gasteiger partial charge in [-0.25, -0.2) is 0 Å². The Morgan fingerprint density at radius 3 is 2.90 bits per heavy atom. The Labute approximate surface area is 120 Å². The summed E-state index contributed by atoms with van der Waals surface area (Å²) in [5.41, 5.74) is 6.76. The molecule has 1 aliphatic rings. The fourth-order valence-corrected chi connectivity index (χ4v) is 2.61. The summed E-state index contributed by atoms with van der Waals surface area (Å²) in [6.07, 6.45) is 0.417. The number of nitrogen functional groups attached to an aromatic ring is 1. The lowest BCUT2D eigenvalue weighted by atomic mass is 10.2. The topological polar surface area (TPSA) is 92.5 Å². The average Bonchev–Trinajstić information content (AvgIpc) is 2.38. The minimum absolute atomic E-state index is 0.0762. The maximum Gasteiger partial charge on any atom is 0.288 e. The smallest absolute Gasteiger partial charge is 0.288 e. The highest BCUT2D eigenvalue weighted by molar-refractivity contribution is 8.13. The predicted octanol–water partition coefficient (Wildman–Crippen LogP) is 1.68. The number of amides is 3. The van der Waals surface area contributed by atoms with Crippen molar-refractivity contribution in [1.82, 2.24) is 4.90 Å². The highest BCUT2D eigenvalue weighted by Crippen LogP contribution is 2.18. The minimum atomic E-state index is -0.280. The molecule has 1 heterocycles. The summed E-state index contributed by atoms with van der Waals surface area (Å²) in [5, 5.41) is 2.40. The minimum Gasteiger partial charge on any atom is -0.399 e. The molecule has 0 aromatic heterocycles. The van der Waals surface area contributed by atoms with Crippen LogP contribution in [0, 0.1) is 0 Å². The average molecular weight is 293 g/mol. The van der Waals surface area contributed by atoms with Crippen LogP contribution in [0.1, 0.15) is 12.8 Å². The van der Waals surface area contributed by atoms with Crippen LogP contribution in [-0.4, -0.2) is 34.3 Å². The molecule has 0 spiro atoms. The van der Waals surface area contributed by atoms with Crippen LogP contribution in [0.4, 0.5) is 16.2 Å². The number of hydrogen-bond donors (Lipinski definition) is 2. The fourth-order valence-electron chi connectivity index (χ4n) is 1.81. The van der Waals surface area contributed by atoms with Gasteiger partial charge >= 0.3 is 0 Å². The van der Waals surface area contributed by atoms with Gasteiger partial charge in [0.1, 0.15) is 0 Å². The van der Waals surface area contributed by atoms with E-state index < -0.39 is 0 Å². The molecule has 6 nitrogen and oxygen atoms in total. The fraction of sp³-hybridized carbons (Fsp3) is 0.308. The zero-order chi connectivity index (χ0) is 14.5. The second-order valence-electron chi connectivity index (χ2n) is 4.33. The summed E-state index contributed by atoms with van der Waals surface area (Å²) in [5.74, 6) is 0.0428. The summed E-state index contributed by atoms with van der Waals surface area (Å²) in [6, 6.07) is 6.82. The Morgan fingerprint density at radius 1 is 1.40 bits per heavy atom. The molecule has 1 fully saturated rings. The number of rotatable bonds is 4. The van der Waals surface area contributed by atoms with Crippen molar-refractivity contribution < 1.29 is 14.4 Å². The first-order valence-electron chi connectivity index (χ1n) is 6.19. The number of nitrogens with zero attached hydrogens (tertiary/aromatic N) is 1. The number of carbonyl (C=O) groups is 3. The first-order valence-corrected chi connectivity index (χ1v) is 7.17. The Kier molecular flexibility index (Phi) is 4.62. The van der Waals surface area contributed by atoms with Crippen molar-refractivity contribution in [3.05, 3.63) is 24.3 Å². The molecule has 20 heavy (non-hydrogen) atoms. The van der Waals surface area contributed by atoms with Crippen LogP contribution in [0.5, 0.6) is 0 Å². The number of benzene rings is 1. The van der Waals surface area contributed by atoms with Crippen LogP contribution < -0.4 is 11.1 Å². The van der Waals surface area contributed by atoms with E-state index in [1.54, 1.807) is 24.3 Å². The van der Waals surface area contributed by atoms with Crippen molar-refractivity contribution in [2.24, 2.45) is 0 Å². The van der Waals surface area contributed by atoms with Gasteiger partial charge in [-0.3, -0.25) is 19.3 Å². The molecule has 0 bridgehead atoms. The van der Waals surface area contributed by atoms with Crippen LogP contribution in [0.2, 0.25) is 0 Å². The SMILES string of the molecule is Nc1cccc(NC(=O)CCN2C(=O)CCSC2=O)c1. The number of imide groups is 1. The van der Waals surface area contributed by atoms with Gasteiger partial charge in [-0.2, -0.15) is 0 Å². The summed E-state index contributed by atoms with van der Waals surface area (Å²) in [4.78, 5) is 36.0. The van der Waals surface area contributed by atoms with Crippen LogP contribution >= 0.6 is 11.8 Å². The molecule has 0 radical (unpaired) electrons. The number of nitrogens with two attached hydrogens (primary N) is 1. The first kappa shape index (κ1) is 14.4. The lowest BCUT2D eigenvalue weighted by Crippen LogP contribution is -2.39. The van der Waals surface area contributed by atoms with Gasteiger partial charge in [-0.05, 0) is 18.2 Å². The van der Waals surface area contributed by atoms with Gasteiger partial charge in [0.25, 0.3) is 5.24 Å². The Hall–Kier alpha value is -2.02. The normalized spacial score (nSPS) is 15.3. The molecule has 1 aromatic rings. The van der Waals surface area contributed by atoms with E-state index in [0.717, 1.165) is 16.7 Å². The van der Waals surface area contributed by atoms with E-state index in [0.29, 0.717) is 23.5 Å².